The zero-order valence-corrected chi connectivity index (χ0v) is 4.59. The normalized spacial score (nSPS) is 11.6. The first-order chi connectivity index (χ1) is 3.27. The molecule has 0 heterocycles. The first-order valence-electron chi connectivity index (χ1n) is 2.06. The van der Waals surface area contributed by atoms with Crippen molar-refractivity contribution >= 4 is 0 Å². The van der Waals surface area contributed by atoms with E-state index in [0.717, 1.165) is 0 Å². The Hall–Kier alpha value is -0.160. The lowest BCUT2D eigenvalue weighted by Crippen LogP contribution is -2.25. The molecule has 0 aliphatic heterocycles. The Morgan fingerprint density at radius 2 is 1.57 bits per heavy atom. The zero-order chi connectivity index (χ0) is 6.28. The van der Waals surface area contributed by atoms with Gasteiger partial charge in [0.25, 0.3) is 0 Å². The van der Waals surface area contributed by atoms with Crippen LogP contribution in [0.1, 0.15) is 6.92 Å². The Morgan fingerprint density at radius 1 is 1.43 bits per heavy atom. The Balaban J connectivity index is 0. The fourth-order valence-corrected chi connectivity index (χ4v) is 0. The van der Waals surface area contributed by atoms with E-state index in [9.17, 15) is 0 Å². The second kappa shape index (κ2) is 9.28. The van der Waals surface area contributed by atoms with Gasteiger partial charge >= 0.3 is 0 Å². The van der Waals surface area contributed by atoms with Crippen LogP contribution in [0, 0.1) is 0 Å². The van der Waals surface area contributed by atoms with Crippen molar-refractivity contribution < 1.29 is 0 Å². The molecule has 0 rings (SSSR count). The van der Waals surface area contributed by atoms with E-state index in [1.54, 1.807) is 0 Å². The maximum Gasteiger partial charge on any atom is 0.0134 e. The molecule has 4 nitrogen and oxygen atoms in total. The summed E-state index contributed by atoms with van der Waals surface area (Å²) in [5, 5.41) is 0. The lowest BCUT2D eigenvalue weighted by Gasteiger charge is -1.92. The third kappa shape index (κ3) is 25.4. The first-order valence-corrected chi connectivity index (χ1v) is 2.06. The van der Waals surface area contributed by atoms with Gasteiger partial charge in [-0.1, -0.05) is 0 Å². The number of hydrogen-bond donors (Lipinski definition) is 4. The summed E-state index contributed by atoms with van der Waals surface area (Å²) in [6, 6.07) is 0.162. The topological polar surface area (TPSA) is 104 Å². The van der Waals surface area contributed by atoms with Gasteiger partial charge in [-0.25, -0.2) is 0 Å². The molecule has 0 fully saturated rings. The van der Waals surface area contributed by atoms with Crippen LogP contribution in [0.15, 0.2) is 0 Å². The molecule has 0 aliphatic carbocycles. The molecule has 0 saturated carbocycles. The van der Waals surface area contributed by atoms with Crippen molar-refractivity contribution in [2.24, 2.45) is 23.2 Å². The zero-order valence-electron chi connectivity index (χ0n) is 4.59. The van der Waals surface area contributed by atoms with Crippen LogP contribution in [-0.4, -0.2) is 12.6 Å². The summed E-state index contributed by atoms with van der Waals surface area (Å²) in [5.74, 6) is 8.00. The Kier molecular flexibility index (Phi) is 13.2. The van der Waals surface area contributed by atoms with Crippen LogP contribution >= 0.6 is 0 Å². The third-order valence-electron chi connectivity index (χ3n) is 0.372. The highest BCUT2D eigenvalue weighted by atomic mass is 15.0. The second-order valence-electron chi connectivity index (χ2n) is 1.21. The minimum atomic E-state index is 0.162. The molecule has 0 radical (unpaired) electrons. The van der Waals surface area contributed by atoms with Gasteiger partial charge < -0.3 is 11.5 Å². The third-order valence-corrected chi connectivity index (χ3v) is 0.372. The van der Waals surface area contributed by atoms with E-state index in [0.29, 0.717) is 6.54 Å². The van der Waals surface area contributed by atoms with Crippen LogP contribution in [0.5, 0.6) is 0 Å². The van der Waals surface area contributed by atoms with Crippen molar-refractivity contribution in [1.29, 1.82) is 0 Å². The van der Waals surface area contributed by atoms with Crippen LogP contribution in [0.4, 0.5) is 0 Å². The first kappa shape index (κ1) is 9.96. The molecule has 7 heavy (non-hydrogen) atoms. The molecular weight excluding hydrogens is 92.1 g/mol. The van der Waals surface area contributed by atoms with E-state index in [1.165, 1.54) is 0 Å². The number of rotatable bonds is 1. The summed E-state index contributed by atoms with van der Waals surface area (Å²) >= 11 is 0. The van der Waals surface area contributed by atoms with E-state index in [4.69, 9.17) is 11.5 Å². The Bertz CT molecular complexity index is 20.9. The second-order valence-corrected chi connectivity index (χ2v) is 1.21. The van der Waals surface area contributed by atoms with Crippen LogP contribution < -0.4 is 23.2 Å². The van der Waals surface area contributed by atoms with Crippen molar-refractivity contribution in [3.05, 3.63) is 0 Å². The average molecular weight is 106 g/mol. The molecule has 0 amide bonds. The van der Waals surface area contributed by atoms with Crippen molar-refractivity contribution in [3.8, 4) is 0 Å². The Morgan fingerprint density at radius 3 is 1.57 bits per heavy atom. The van der Waals surface area contributed by atoms with Crippen molar-refractivity contribution in [2.75, 3.05) is 6.54 Å². The van der Waals surface area contributed by atoms with E-state index >= 15 is 0 Å². The molecule has 0 saturated heterocycles. The van der Waals surface area contributed by atoms with E-state index in [2.05, 4.69) is 11.7 Å². The predicted molar refractivity (Wildman–Crippen MR) is 31.1 cm³/mol. The lowest BCUT2D eigenvalue weighted by molar-refractivity contribution is 0.752. The summed E-state index contributed by atoms with van der Waals surface area (Å²) in [6.45, 7) is 2.46. The quantitative estimate of drug-likeness (QED) is 0.232. The maximum absolute atomic E-state index is 5.17. The number of hydrazine groups is 1. The summed E-state index contributed by atoms with van der Waals surface area (Å²) in [7, 11) is 0. The SMILES string of the molecule is CC(N)CN.NN. The fourth-order valence-electron chi connectivity index (χ4n) is 0. The highest BCUT2D eigenvalue weighted by Gasteiger charge is 1.79. The van der Waals surface area contributed by atoms with E-state index in [1.807, 2.05) is 6.92 Å². The molecule has 0 aromatic heterocycles. The summed E-state index contributed by atoms with van der Waals surface area (Å²) in [4.78, 5) is 0. The van der Waals surface area contributed by atoms with Gasteiger partial charge in [0.2, 0.25) is 0 Å². The van der Waals surface area contributed by atoms with Crippen LogP contribution in [0.25, 0.3) is 0 Å². The van der Waals surface area contributed by atoms with Crippen LogP contribution in [0.2, 0.25) is 0 Å². The van der Waals surface area contributed by atoms with Gasteiger partial charge in [0.15, 0.2) is 0 Å². The minimum absolute atomic E-state index is 0.162. The number of nitrogens with two attached hydrogens (primary N) is 4. The van der Waals surface area contributed by atoms with Crippen molar-refractivity contribution in [3.63, 3.8) is 0 Å². The van der Waals surface area contributed by atoms with Gasteiger partial charge in [-0.3, -0.25) is 11.7 Å². The highest BCUT2D eigenvalue weighted by Crippen LogP contribution is 1.59. The summed E-state index contributed by atoms with van der Waals surface area (Å²) < 4.78 is 0. The smallest absolute Gasteiger partial charge is 0.0134 e. The molecule has 4 heteroatoms. The molecule has 0 aromatic rings. The minimum Gasteiger partial charge on any atom is -0.329 e. The van der Waals surface area contributed by atoms with Gasteiger partial charge in [-0.15, -0.1) is 0 Å². The highest BCUT2D eigenvalue weighted by molar-refractivity contribution is 4.48. The summed E-state index contributed by atoms with van der Waals surface area (Å²) in [6.07, 6.45) is 0. The van der Waals surface area contributed by atoms with E-state index < -0.39 is 0 Å². The van der Waals surface area contributed by atoms with Gasteiger partial charge in [-0.05, 0) is 6.92 Å². The fraction of sp³-hybridized carbons (Fsp3) is 1.00. The average Bonchev–Trinajstić information content (AvgIpc) is 1.73. The molecule has 1 atom stereocenters. The monoisotopic (exact) mass is 106 g/mol. The lowest BCUT2D eigenvalue weighted by atomic mass is 10.4. The van der Waals surface area contributed by atoms with Crippen LogP contribution in [-0.2, 0) is 0 Å². The van der Waals surface area contributed by atoms with Crippen molar-refractivity contribution in [1.82, 2.24) is 0 Å². The maximum atomic E-state index is 5.17. The summed E-state index contributed by atoms with van der Waals surface area (Å²) in [5.41, 5.74) is 10.2. The van der Waals surface area contributed by atoms with Gasteiger partial charge in [-0.2, -0.15) is 0 Å². The molecule has 0 bridgehead atoms. The van der Waals surface area contributed by atoms with Gasteiger partial charge in [0.1, 0.15) is 0 Å². The largest absolute Gasteiger partial charge is 0.329 e. The van der Waals surface area contributed by atoms with Crippen molar-refractivity contribution in [2.45, 2.75) is 13.0 Å². The predicted octanol–water partition coefficient (Wildman–Crippen LogP) is -1.89. The molecule has 0 spiro atoms. The molecule has 1 unspecified atom stereocenters. The number of hydrogen-bond acceptors (Lipinski definition) is 4. The van der Waals surface area contributed by atoms with E-state index in [-0.39, 0.29) is 6.04 Å². The molecule has 0 aliphatic rings. The molecule has 46 valence electrons. The Labute approximate surface area is 43.8 Å². The molecule has 8 N–H and O–H groups in total. The molecular formula is C3H14N4. The molecule has 0 aromatic carbocycles. The van der Waals surface area contributed by atoms with Gasteiger partial charge in [0, 0.05) is 12.6 Å². The van der Waals surface area contributed by atoms with Gasteiger partial charge in [0.05, 0.1) is 0 Å². The standard InChI is InChI=1S/C3H10N2.H4N2/c1-3(5)2-4;1-2/h3H,2,4-5H2,1H3;1-2H2. The van der Waals surface area contributed by atoms with Crippen LogP contribution in [0.3, 0.4) is 0 Å².